The zero-order chi connectivity index (χ0) is 17.3. The van der Waals surface area contributed by atoms with Crippen molar-refractivity contribution < 1.29 is 13.2 Å². The predicted octanol–water partition coefficient (Wildman–Crippen LogP) is 0.642. The second-order valence-corrected chi connectivity index (χ2v) is 7.04. The molecule has 0 radical (unpaired) electrons. The van der Waals surface area contributed by atoms with Crippen molar-refractivity contribution in [3.63, 3.8) is 0 Å². The normalized spacial score (nSPS) is 12.1. The summed E-state index contributed by atoms with van der Waals surface area (Å²) < 4.78 is 30.6. The first-order valence-electron chi connectivity index (χ1n) is 7.44. The van der Waals surface area contributed by atoms with E-state index >= 15 is 0 Å². The fraction of sp³-hybridized carbons (Fsp3) is 0.533. The molecule has 130 valence electrons. The molecular weight excluding hydrogens is 316 g/mol. The number of rotatable bonds is 8. The maximum Gasteiger partial charge on any atom is 0.211 e. The third-order valence-electron chi connectivity index (χ3n) is 3.28. The number of sulfonamides is 1. The van der Waals surface area contributed by atoms with Gasteiger partial charge in [0.05, 0.1) is 12.9 Å². The first-order chi connectivity index (χ1) is 10.9. The van der Waals surface area contributed by atoms with E-state index < -0.39 is 10.0 Å². The fourth-order valence-corrected chi connectivity index (χ4v) is 2.65. The molecular formula is C15H26N4O3S. The Bertz CT molecular complexity index is 617. The Labute approximate surface area is 138 Å². The minimum atomic E-state index is -3.16. The van der Waals surface area contributed by atoms with Crippen LogP contribution in [0.5, 0.6) is 5.75 Å². The van der Waals surface area contributed by atoms with Gasteiger partial charge in [-0.05, 0) is 13.0 Å². The molecule has 0 aliphatic heterocycles. The summed E-state index contributed by atoms with van der Waals surface area (Å²) in [4.78, 5) is 6.16. The molecule has 0 atom stereocenters. The Kier molecular flexibility index (Phi) is 7.84. The van der Waals surface area contributed by atoms with Gasteiger partial charge < -0.3 is 15.0 Å². The quantitative estimate of drug-likeness (QED) is 0.412. The second kappa shape index (κ2) is 9.36. The van der Waals surface area contributed by atoms with Crippen LogP contribution in [0.1, 0.15) is 12.5 Å². The first kappa shape index (κ1) is 19.2. The van der Waals surface area contributed by atoms with E-state index in [9.17, 15) is 8.42 Å². The maximum absolute atomic E-state index is 11.4. The number of nitrogens with zero attached hydrogens (tertiary/aromatic N) is 2. The number of methoxy groups -OCH3 is 1. The van der Waals surface area contributed by atoms with E-state index in [1.165, 1.54) is 0 Å². The number of ether oxygens (including phenoxy) is 1. The second-order valence-electron chi connectivity index (χ2n) is 4.94. The SMILES string of the molecule is CCS(=O)(=O)NCCNC(=NC)N(C)Cc1ccccc1OC. The van der Waals surface area contributed by atoms with E-state index in [1.807, 2.05) is 36.2 Å². The molecule has 0 aliphatic carbocycles. The summed E-state index contributed by atoms with van der Waals surface area (Å²) in [5.41, 5.74) is 1.05. The number of aliphatic imine (C=N–C) groups is 1. The van der Waals surface area contributed by atoms with Crippen LogP contribution in [0.3, 0.4) is 0 Å². The molecule has 0 saturated carbocycles. The van der Waals surface area contributed by atoms with Crippen molar-refractivity contribution >= 4 is 16.0 Å². The highest BCUT2D eigenvalue weighted by molar-refractivity contribution is 7.89. The summed E-state index contributed by atoms with van der Waals surface area (Å²) in [5.74, 6) is 1.59. The van der Waals surface area contributed by atoms with Gasteiger partial charge in [0.15, 0.2) is 5.96 Å². The number of para-hydroxylation sites is 1. The Morgan fingerprint density at radius 2 is 2.00 bits per heavy atom. The summed E-state index contributed by atoms with van der Waals surface area (Å²) >= 11 is 0. The molecule has 23 heavy (non-hydrogen) atoms. The molecule has 0 spiro atoms. The Morgan fingerprint density at radius 3 is 2.61 bits per heavy atom. The highest BCUT2D eigenvalue weighted by atomic mass is 32.2. The van der Waals surface area contributed by atoms with Crippen LogP contribution in [0.15, 0.2) is 29.3 Å². The average Bonchev–Trinajstić information content (AvgIpc) is 2.55. The smallest absolute Gasteiger partial charge is 0.211 e. The summed E-state index contributed by atoms with van der Waals surface area (Å²) in [6, 6.07) is 7.80. The van der Waals surface area contributed by atoms with E-state index in [4.69, 9.17) is 4.74 Å². The van der Waals surface area contributed by atoms with Crippen molar-refractivity contribution in [2.75, 3.05) is 40.0 Å². The molecule has 8 heteroatoms. The summed E-state index contributed by atoms with van der Waals surface area (Å²) in [7, 11) is 2.09. The van der Waals surface area contributed by atoms with Gasteiger partial charge >= 0.3 is 0 Å². The van der Waals surface area contributed by atoms with Crippen LogP contribution >= 0.6 is 0 Å². The largest absolute Gasteiger partial charge is 0.496 e. The molecule has 0 heterocycles. The molecule has 1 aromatic carbocycles. The number of nitrogens with one attached hydrogen (secondary N) is 2. The molecule has 1 aromatic rings. The summed E-state index contributed by atoms with van der Waals surface area (Å²) in [5, 5.41) is 3.13. The van der Waals surface area contributed by atoms with Crippen molar-refractivity contribution in [3.05, 3.63) is 29.8 Å². The van der Waals surface area contributed by atoms with Crippen LogP contribution in [0.4, 0.5) is 0 Å². The number of benzene rings is 1. The zero-order valence-electron chi connectivity index (χ0n) is 14.2. The summed E-state index contributed by atoms with van der Waals surface area (Å²) in [6.45, 7) is 3.01. The molecule has 0 aliphatic rings. The van der Waals surface area contributed by atoms with Crippen molar-refractivity contribution in [1.29, 1.82) is 0 Å². The van der Waals surface area contributed by atoms with Crippen LogP contribution < -0.4 is 14.8 Å². The van der Waals surface area contributed by atoms with Crippen molar-refractivity contribution in [3.8, 4) is 5.75 Å². The lowest BCUT2D eigenvalue weighted by molar-refractivity contribution is 0.396. The lowest BCUT2D eigenvalue weighted by Gasteiger charge is -2.23. The van der Waals surface area contributed by atoms with Gasteiger partial charge in [0, 0.05) is 39.3 Å². The highest BCUT2D eigenvalue weighted by Crippen LogP contribution is 2.18. The summed E-state index contributed by atoms with van der Waals surface area (Å²) in [6.07, 6.45) is 0. The van der Waals surface area contributed by atoms with E-state index in [0.717, 1.165) is 11.3 Å². The molecule has 0 saturated heterocycles. The third kappa shape index (κ3) is 6.45. The number of hydrogen-bond donors (Lipinski definition) is 2. The van der Waals surface area contributed by atoms with E-state index in [1.54, 1.807) is 21.1 Å². The van der Waals surface area contributed by atoms with Crippen LogP contribution in [0, 0.1) is 0 Å². The predicted molar refractivity (Wildman–Crippen MR) is 93.3 cm³/mol. The van der Waals surface area contributed by atoms with E-state index in [-0.39, 0.29) is 5.75 Å². The topological polar surface area (TPSA) is 83.0 Å². The van der Waals surface area contributed by atoms with Crippen LogP contribution in [-0.4, -0.2) is 59.3 Å². The van der Waals surface area contributed by atoms with Crippen molar-refractivity contribution in [2.24, 2.45) is 4.99 Å². The van der Waals surface area contributed by atoms with Crippen molar-refractivity contribution in [2.45, 2.75) is 13.5 Å². The third-order valence-corrected chi connectivity index (χ3v) is 4.69. The Hall–Kier alpha value is -1.80. The van der Waals surface area contributed by atoms with Crippen LogP contribution in [-0.2, 0) is 16.6 Å². The minimum Gasteiger partial charge on any atom is -0.496 e. The molecule has 0 unspecified atom stereocenters. The van der Waals surface area contributed by atoms with Gasteiger partial charge in [-0.2, -0.15) is 0 Å². The lowest BCUT2D eigenvalue weighted by atomic mass is 10.2. The Balaban J connectivity index is 2.54. The van der Waals surface area contributed by atoms with E-state index in [0.29, 0.717) is 25.6 Å². The van der Waals surface area contributed by atoms with Crippen LogP contribution in [0.2, 0.25) is 0 Å². The standard InChI is InChI=1S/C15H26N4O3S/c1-5-23(20,21)18-11-10-17-15(16-2)19(3)12-13-8-6-7-9-14(13)22-4/h6-9,18H,5,10-12H2,1-4H3,(H,16,17). The number of hydrogen-bond acceptors (Lipinski definition) is 4. The van der Waals surface area contributed by atoms with Crippen LogP contribution in [0.25, 0.3) is 0 Å². The highest BCUT2D eigenvalue weighted by Gasteiger charge is 2.10. The van der Waals surface area contributed by atoms with Gasteiger partial charge in [0.2, 0.25) is 10.0 Å². The van der Waals surface area contributed by atoms with Gasteiger partial charge in [-0.3, -0.25) is 4.99 Å². The molecule has 0 bridgehead atoms. The van der Waals surface area contributed by atoms with E-state index in [2.05, 4.69) is 15.0 Å². The molecule has 0 aromatic heterocycles. The van der Waals surface area contributed by atoms with Crippen molar-refractivity contribution in [1.82, 2.24) is 14.9 Å². The Morgan fingerprint density at radius 1 is 1.30 bits per heavy atom. The van der Waals surface area contributed by atoms with Gasteiger partial charge in [0.25, 0.3) is 0 Å². The molecule has 7 nitrogen and oxygen atoms in total. The molecule has 0 fully saturated rings. The lowest BCUT2D eigenvalue weighted by Crippen LogP contribution is -2.42. The fourth-order valence-electron chi connectivity index (χ4n) is 2.03. The van der Waals surface area contributed by atoms with Gasteiger partial charge in [-0.25, -0.2) is 13.1 Å². The monoisotopic (exact) mass is 342 g/mol. The number of guanidine groups is 1. The molecule has 1 rings (SSSR count). The van der Waals surface area contributed by atoms with Gasteiger partial charge in [0.1, 0.15) is 5.75 Å². The maximum atomic E-state index is 11.4. The molecule has 0 amide bonds. The van der Waals surface area contributed by atoms with Gasteiger partial charge in [-0.1, -0.05) is 18.2 Å². The zero-order valence-corrected chi connectivity index (χ0v) is 15.0. The van der Waals surface area contributed by atoms with Gasteiger partial charge in [-0.15, -0.1) is 0 Å². The molecule has 2 N–H and O–H groups in total. The first-order valence-corrected chi connectivity index (χ1v) is 9.09. The minimum absolute atomic E-state index is 0.0788. The average molecular weight is 342 g/mol.